The van der Waals surface area contributed by atoms with E-state index in [-0.39, 0.29) is 5.54 Å². The van der Waals surface area contributed by atoms with E-state index in [1.165, 1.54) is 22.3 Å². The zero-order valence-electron chi connectivity index (χ0n) is 49.0. The van der Waals surface area contributed by atoms with Crippen molar-refractivity contribution >= 4 is 42.3 Å². The summed E-state index contributed by atoms with van der Waals surface area (Å²) < 4.78 is 3.23. The first kappa shape index (κ1) is 55.9. The number of benzene rings is 4. The quantitative estimate of drug-likeness (QED) is 0.0799. The predicted octanol–water partition coefficient (Wildman–Crippen LogP) is 16.9. The molecule has 1 aliphatic heterocycles. The molecule has 1 saturated heterocycles. The summed E-state index contributed by atoms with van der Waals surface area (Å²) in [6.07, 6.45) is 0. The Hall–Kier alpha value is -3.02. The van der Waals surface area contributed by atoms with E-state index in [0.717, 1.165) is 0 Å². The minimum Gasteiger partial charge on any atom is -0.389 e. The van der Waals surface area contributed by atoms with Gasteiger partial charge in [-0.1, -0.05) is 215 Å². The van der Waals surface area contributed by atoms with Gasteiger partial charge in [0.05, 0.1) is 0 Å². The highest BCUT2D eigenvalue weighted by molar-refractivity contribution is 7.43. The van der Waals surface area contributed by atoms with E-state index < -0.39 is 16.6 Å². The SMILES string of the molecule is CC(C)c1cc(C(C)C)c([Si](=C2N(C(C)(C)C)[Si]2(c2c(C(C)C)cc(C(C)C)cc2C(C)C)c2c(C(C)C)cc(C(C)C)cc2C(C)C)c2c(C(C)C)cc(C(C)C)cc2C(C)C)c(C(C)C)c1. The van der Waals surface area contributed by atoms with Crippen molar-refractivity contribution in [3.63, 3.8) is 0 Å². The first-order chi connectivity index (χ1) is 31.3. The maximum absolute atomic E-state index is 3.23. The molecule has 0 spiro atoms. The molecule has 0 radical (unpaired) electrons. The third-order valence-electron chi connectivity index (χ3n) is 15.5. The number of rotatable bonds is 16. The average molecular weight is 953 g/mol. The van der Waals surface area contributed by atoms with Crippen LogP contribution in [0.5, 0.6) is 0 Å². The van der Waals surface area contributed by atoms with Crippen LogP contribution in [-0.4, -0.2) is 31.7 Å². The first-order valence-electron chi connectivity index (χ1n) is 27.6. The van der Waals surface area contributed by atoms with Gasteiger partial charge in [0, 0.05) is 10.5 Å². The van der Waals surface area contributed by atoms with Crippen LogP contribution in [0.15, 0.2) is 48.5 Å². The van der Waals surface area contributed by atoms with Crippen LogP contribution < -0.4 is 20.7 Å². The van der Waals surface area contributed by atoms with Crippen molar-refractivity contribution in [3.8, 4) is 0 Å². The van der Waals surface area contributed by atoms with E-state index in [4.69, 9.17) is 0 Å². The second kappa shape index (κ2) is 21.0. The average Bonchev–Trinajstić information content (AvgIpc) is 3.92. The van der Waals surface area contributed by atoms with Crippen molar-refractivity contribution in [1.82, 2.24) is 4.57 Å². The van der Waals surface area contributed by atoms with Crippen LogP contribution in [0.4, 0.5) is 0 Å². The molecule has 4 aromatic carbocycles. The third-order valence-corrected chi connectivity index (χ3v) is 25.3. The van der Waals surface area contributed by atoms with Crippen molar-refractivity contribution in [3.05, 3.63) is 115 Å². The Balaban J connectivity index is 2.45. The molecule has 0 saturated carbocycles. The lowest BCUT2D eigenvalue weighted by atomic mass is 9.89. The predicted molar refractivity (Wildman–Crippen MR) is 311 cm³/mol. The van der Waals surface area contributed by atoms with Crippen LogP contribution in [0.2, 0.25) is 0 Å². The van der Waals surface area contributed by atoms with Crippen LogP contribution in [0, 0.1) is 0 Å². The van der Waals surface area contributed by atoms with Crippen LogP contribution in [-0.2, 0) is 0 Å². The Morgan fingerprint density at radius 3 is 0.662 bits per heavy atom. The fraction of sp³-hybridized carbons (Fsp3) is 0.615. The smallest absolute Gasteiger partial charge is 0.264 e. The molecule has 1 aliphatic rings. The van der Waals surface area contributed by atoms with E-state index >= 15 is 0 Å². The van der Waals surface area contributed by atoms with Gasteiger partial charge < -0.3 is 4.57 Å². The molecule has 68 heavy (non-hydrogen) atoms. The summed E-state index contributed by atoms with van der Waals surface area (Å²) in [6.45, 7) is 67.1. The highest BCUT2D eigenvalue weighted by Gasteiger charge is 2.70. The molecule has 0 unspecified atom stereocenters. The lowest BCUT2D eigenvalue weighted by molar-refractivity contribution is 0.394. The maximum atomic E-state index is 3.23. The summed E-state index contributed by atoms with van der Waals surface area (Å²) in [5.74, 6) is 4.80. The second-order valence-electron chi connectivity index (χ2n) is 26.1. The van der Waals surface area contributed by atoms with Gasteiger partial charge in [-0.05, 0) is 179 Å². The van der Waals surface area contributed by atoms with E-state index in [1.54, 1.807) is 65.3 Å². The van der Waals surface area contributed by atoms with Crippen LogP contribution in [0.25, 0.3) is 0 Å². The molecule has 1 nitrogen and oxygen atoms in total. The van der Waals surface area contributed by atoms with Crippen LogP contribution in [0.3, 0.4) is 0 Å². The lowest BCUT2D eigenvalue weighted by Crippen LogP contribution is -2.61. The Bertz CT molecular complexity index is 2200. The highest BCUT2D eigenvalue weighted by Crippen LogP contribution is 2.46. The van der Waals surface area contributed by atoms with Gasteiger partial charge in [-0.2, -0.15) is 0 Å². The summed E-state index contributed by atoms with van der Waals surface area (Å²) in [4.78, 5) is 1.83. The van der Waals surface area contributed by atoms with Gasteiger partial charge in [-0.25, -0.2) is 0 Å². The highest BCUT2D eigenvalue weighted by atomic mass is 28.4. The minimum absolute atomic E-state index is 0.141. The minimum atomic E-state index is -3.08. The fourth-order valence-corrected chi connectivity index (χ4v) is 25.9. The fourth-order valence-electron chi connectivity index (χ4n) is 11.6. The van der Waals surface area contributed by atoms with Crippen LogP contribution >= 0.6 is 0 Å². The van der Waals surface area contributed by atoms with Crippen LogP contribution in [0.1, 0.15) is 325 Å². The number of hydrogen-bond acceptors (Lipinski definition) is 1. The molecule has 374 valence electrons. The Labute approximate surface area is 423 Å². The summed E-state index contributed by atoms with van der Waals surface area (Å²) in [5, 5.41) is 6.87. The third kappa shape index (κ3) is 10.3. The second-order valence-corrected chi connectivity index (χ2v) is 32.2. The standard InChI is InChI=1S/C65H101NSi2/c1-36(2)48-28-52(40(9)10)60(53(29-48)41(11)12)67(61-54(42(13)14)30-49(37(3)4)31-55(61)43(15)16)64-66(65(25,26)27)68(64,62-56(44(17)18)32-50(38(5)6)33-57(62)45(19)20)63-58(46(21)22)34-51(39(7)8)35-59(63)47(23)24/h28-47H,1-27H3. The molecular formula is C65H101NSi2. The summed E-state index contributed by atoms with van der Waals surface area (Å²) >= 11 is 0. The molecule has 1 heterocycles. The van der Waals surface area contributed by atoms with Gasteiger partial charge in [0.2, 0.25) is 0 Å². The Kier molecular flexibility index (Phi) is 17.3. The number of nitrogens with zero attached hydrogens (tertiary/aromatic N) is 1. The lowest BCUT2D eigenvalue weighted by Gasteiger charge is -2.35. The van der Waals surface area contributed by atoms with Gasteiger partial charge in [-0.15, -0.1) is 0 Å². The van der Waals surface area contributed by atoms with E-state index in [9.17, 15) is 0 Å². The van der Waals surface area contributed by atoms with E-state index in [0.29, 0.717) is 71.0 Å². The molecule has 1 fully saturated rings. The monoisotopic (exact) mass is 952 g/mol. The van der Waals surface area contributed by atoms with Gasteiger partial charge >= 0.3 is 0 Å². The van der Waals surface area contributed by atoms with E-state index in [1.807, 2.05) is 4.92 Å². The Morgan fingerprint density at radius 1 is 0.309 bits per heavy atom. The molecule has 0 aliphatic carbocycles. The van der Waals surface area contributed by atoms with Gasteiger partial charge in [0.15, 0.2) is 0 Å². The van der Waals surface area contributed by atoms with Crippen molar-refractivity contribution in [1.29, 1.82) is 0 Å². The van der Waals surface area contributed by atoms with Crippen molar-refractivity contribution in [2.75, 3.05) is 0 Å². The largest absolute Gasteiger partial charge is 0.389 e. The van der Waals surface area contributed by atoms with Gasteiger partial charge in [0.25, 0.3) is 8.24 Å². The van der Waals surface area contributed by atoms with Crippen molar-refractivity contribution in [2.24, 2.45) is 0 Å². The molecular weight excluding hydrogens is 851 g/mol. The van der Waals surface area contributed by atoms with E-state index in [2.05, 4.69) is 240 Å². The zero-order chi connectivity index (χ0) is 51.6. The van der Waals surface area contributed by atoms with Gasteiger partial charge in [-0.3, -0.25) is 0 Å². The summed E-state index contributed by atoms with van der Waals surface area (Å²) in [6, 6.07) is 21.6. The molecule has 0 amide bonds. The Morgan fingerprint density at radius 2 is 0.500 bits per heavy atom. The maximum Gasteiger partial charge on any atom is 0.264 e. The molecule has 5 rings (SSSR count). The normalized spacial score (nSPS) is 14.6. The molecule has 0 N–H and O–H groups in total. The van der Waals surface area contributed by atoms with Crippen molar-refractivity contribution < 1.29 is 0 Å². The first-order valence-corrected chi connectivity index (χ1v) is 31.1. The molecule has 0 atom stereocenters. The number of hydrogen-bond donors (Lipinski definition) is 0. The molecule has 3 heteroatoms. The summed E-state index contributed by atoms with van der Waals surface area (Å²) in [5.41, 5.74) is 18.6. The van der Waals surface area contributed by atoms with Crippen molar-refractivity contribution in [2.45, 2.75) is 263 Å². The molecule has 0 aromatic heterocycles. The topological polar surface area (TPSA) is 3.01 Å². The molecule has 4 aromatic rings. The zero-order valence-corrected chi connectivity index (χ0v) is 51.0. The molecule has 0 bridgehead atoms. The van der Waals surface area contributed by atoms with Gasteiger partial charge in [0.1, 0.15) is 8.41 Å². The summed E-state index contributed by atoms with van der Waals surface area (Å²) in [7, 11) is -4.81.